The minimum Gasteiger partial charge on any atom is -0.372 e. The van der Waals surface area contributed by atoms with Crippen LogP contribution in [0.25, 0.3) is 0 Å². The third kappa shape index (κ3) is 1.79. The van der Waals surface area contributed by atoms with E-state index >= 15 is 0 Å². The van der Waals surface area contributed by atoms with Gasteiger partial charge in [0.05, 0.1) is 9.26 Å². The van der Waals surface area contributed by atoms with Crippen molar-refractivity contribution in [3.63, 3.8) is 0 Å². The molecule has 1 N–H and O–H groups in total. The fraction of sp³-hybridized carbons (Fsp3) is 0.429. The number of nitrogens with zero attached hydrogens (tertiary/aromatic N) is 2. The van der Waals surface area contributed by atoms with E-state index in [9.17, 15) is 0 Å². The second kappa shape index (κ2) is 3.34. The Morgan fingerprint density at radius 3 is 2.45 bits per heavy atom. The van der Waals surface area contributed by atoms with Gasteiger partial charge in [0.2, 0.25) is 0 Å². The van der Waals surface area contributed by atoms with E-state index in [1.165, 1.54) is 0 Å². The van der Waals surface area contributed by atoms with Crippen LogP contribution in [0.5, 0.6) is 0 Å². The summed E-state index contributed by atoms with van der Waals surface area (Å²) in [5.41, 5.74) is 1.03. The first-order chi connectivity index (χ1) is 5.15. The molecule has 0 atom stereocenters. The van der Waals surface area contributed by atoms with E-state index in [-0.39, 0.29) is 0 Å². The Kier molecular flexibility index (Phi) is 2.64. The molecule has 0 saturated carbocycles. The predicted molar refractivity (Wildman–Crippen MR) is 53.8 cm³/mol. The summed E-state index contributed by atoms with van der Waals surface area (Å²) < 4.78 is 1.09. The third-order valence-corrected chi connectivity index (χ3v) is 2.66. The smallest absolute Gasteiger partial charge is 0.143 e. The molecule has 11 heavy (non-hydrogen) atoms. The van der Waals surface area contributed by atoms with E-state index < -0.39 is 0 Å². The second-order valence-electron chi connectivity index (χ2n) is 2.27. The van der Waals surface area contributed by atoms with Gasteiger partial charge in [0.15, 0.2) is 0 Å². The van der Waals surface area contributed by atoms with Crippen molar-refractivity contribution in [1.29, 1.82) is 0 Å². The molecule has 0 fully saturated rings. The first-order valence-corrected chi connectivity index (χ1v) is 4.41. The molecule has 0 spiro atoms. The molecule has 0 bridgehead atoms. The lowest BCUT2D eigenvalue weighted by Crippen LogP contribution is -2.02. The largest absolute Gasteiger partial charge is 0.372 e. The van der Waals surface area contributed by atoms with Gasteiger partial charge < -0.3 is 5.32 Å². The molecule has 1 heterocycles. The van der Waals surface area contributed by atoms with E-state index in [0.717, 1.165) is 20.9 Å². The molecule has 4 heteroatoms. The van der Waals surface area contributed by atoms with Crippen molar-refractivity contribution in [3.05, 3.63) is 15.1 Å². The molecular weight excluding hydrogens is 253 g/mol. The Bertz CT molecular complexity index is 273. The quantitative estimate of drug-likeness (QED) is 0.784. The number of aryl methyl sites for hydroxylation is 2. The average Bonchev–Trinajstić information content (AvgIpc) is 1.96. The highest BCUT2D eigenvalue weighted by Gasteiger charge is 2.03. The van der Waals surface area contributed by atoms with Crippen molar-refractivity contribution < 1.29 is 0 Å². The SMILES string of the molecule is CNc1nc(C)nc(C)c1I. The van der Waals surface area contributed by atoms with Crippen LogP contribution >= 0.6 is 22.6 Å². The number of nitrogens with one attached hydrogen (secondary N) is 1. The van der Waals surface area contributed by atoms with Gasteiger partial charge in [-0.25, -0.2) is 9.97 Å². The van der Waals surface area contributed by atoms with Gasteiger partial charge in [0, 0.05) is 7.05 Å². The highest BCUT2D eigenvalue weighted by molar-refractivity contribution is 14.1. The Morgan fingerprint density at radius 1 is 1.27 bits per heavy atom. The van der Waals surface area contributed by atoms with Gasteiger partial charge in [0.25, 0.3) is 0 Å². The Labute approximate surface area is 79.8 Å². The van der Waals surface area contributed by atoms with Gasteiger partial charge in [-0.05, 0) is 36.4 Å². The van der Waals surface area contributed by atoms with E-state index in [4.69, 9.17) is 0 Å². The molecule has 0 aromatic carbocycles. The number of halogens is 1. The zero-order chi connectivity index (χ0) is 8.43. The summed E-state index contributed by atoms with van der Waals surface area (Å²) in [6.45, 7) is 3.88. The summed E-state index contributed by atoms with van der Waals surface area (Å²) in [4.78, 5) is 8.45. The van der Waals surface area contributed by atoms with Gasteiger partial charge in [-0.1, -0.05) is 0 Å². The van der Waals surface area contributed by atoms with Crippen LogP contribution in [-0.4, -0.2) is 17.0 Å². The minimum absolute atomic E-state index is 0.812. The van der Waals surface area contributed by atoms with E-state index in [0.29, 0.717) is 0 Å². The van der Waals surface area contributed by atoms with E-state index in [1.807, 2.05) is 20.9 Å². The lowest BCUT2D eigenvalue weighted by atomic mass is 10.4. The molecule has 0 aliphatic heterocycles. The maximum Gasteiger partial charge on any atom is 0.143 e. The molecule has 0 aliphatic rings. The maximum atomic E-state index is 4.22. The van der Waals surface area contributed by atoms with Gasteiger partial charge in [0.1, 0.15) is 11.6 Å². The number of hydrogen-bond acceptors (Lipinski definition) is 3. The molecule has 0 unspecified atom stereocenters. The summed E-state index contributed by atoms with van der Waals surface area (Å²) in [7, 11) is 1.86. The molecule has 3 nitrogen and oxygen atoms in total. The summed E-state index contributed by atoms with van der Waals surface area (Å²) in [5.74, 6) is 1.72. The van der Waals surface area contributed by atoms with Gasteiger partial charge in [-0.3, -0.25) is 0 Å². The number of rotatable bonds is 1. The molecule has 1 rings (SSSR count). The fourth-order valence-corrected chi connectivity index (χ4v) is 1.38. The number of anilines is 1. The van der Waals surface area contributed by atoms with Crippen LogP contribution in [-0.2, 0) is 0 Å². The minimum atomic E-state index is 0.812. The summed E-state index contributed by atoms with van der Waals surface area (Å²) in [6.07, 6.45) is 0. The standard InChI is InChI=1S/C7H10IN3/c1-4-6(8)7(9-3)11-5(2)10-4/h1-3H3,(H,9,10,11). The number of aromatic nitrogens is 2. The van der Waals surface area contributed by atoms with Crippen molar-refractivity contribution in [2.75, 3.05) is 12.4 Å². The van der Waals surface area contributed by atoms with Crippen molar-refractivity contribution in [1.82, 2.24) is 9.97 Å². The first kappa shape index (κ1) is 8.70. The normalized spacial score (nSPS) is 9.82. The molecule has 60 valence electrons. The number of hydrogen-bond donors (Lipinski definition) is 1. The zero-order valence-corrected chi connectivity index (χ0v) is 8.93. The molecule has 0 amide bonds. The van der Waals surface area contributed by atoms with Crippen molar-refractivity contribution >= 4 is 28.4 Å². The summed E-state index contributed by atoms with van der Waals surface area (Å²) in [5, 5.41) is 3.02. The molecule has 0 radical (unpaired) electrons. The Hall–Kier alpha value is -0.390. The maximum absolute atomic E-state index is 4.22. The van der Waals surface area contributed by atoms with Crippen molar-refractivity contribution in [2.24, 2.45) is 0 Å². The lowest BCUT2D eigenvalue weighted by Gasteiger charge is -2.05. The van der Waals surface area contributed by atoms with Crippen LogP contribution in [0.1, 0.15) is 11.5 Å². The monoisotopic (exact) mass is 263 g/mol. The van der Waals surface area contributed by atoms with Crippen LogP contribution in [0.2, 0.25) is 0 Å². The second-order valence-corrected chi connectivity index (χ2v) is 3.35. The average molecular weight is 263 g/mol. The van der Waals surface area contributed by atoms with E-state index in [2.05, 4.69) is 37.9 Å². The van der Waals surface area contributed by atoms with Crippen molar-refractivity contribution in [3.8, 4) is 0 Å². The van der Waals surface area contributed by atoms with Crippen LogP contribution in [0, 0.1) is 17.4 Å². The predicted octanol–water partition coefficient (Wildman–Crippen LogP) is 1.74. The van der Waals surface area contributed by atoms with Crippen LogP contribution in [0.3, 0.4) is 0 Å². The molecular formula is C7H10IN3. The molecule has 0 aliphatic carbocycles. The highest BCUT2D eigenvalue weighted by Crippen LogP contribution is 2.17. The first-order valence-electron chi connectivity index (χ1n) is 3.33. The van der Waals surface area contributed by atoms with Gasteiger partial charge >= 0.3 is 0 Å². The molecule has 1 aromatic rings. The van der Waals surface area contributed by atoms with Crippen molar-refractivity contribution in [2.45, 2.75) is 13.8 Å². The Balaban J connectivity index is 3.24. The van der Waals surface area contributed by atoms with E-state index in [1.54, 1.807) is 0 Å². The van der Waals surface area contributed by atoms with Gasteiger partial charge in [-0.2, -0.15) is 0 Å². The molecule has 1 aromatic heterocycles. The third-order valence-electron chi connectivity index (χ3n) is 1.37. The fourth-order valence-electron chi connectivity index (χ4n) is 0.865. The lowest BCUT2D eigenvalue weighted by molar-refractivity contribution is 0.998. The Morgan fingerprint density at radius 2 is 1.91 bits per heavy atom. The van der Waals surface area contributed by atoms with Crippen LogP contribution in [0.15, 0.2) is 0 Å². The van der Waals surface area contributed by atoms with Gasteiger partial charge in [-0.15, -0.1) is 0 Å². The summed E-state index contributed by atoms with van der Waals surface area (Å²) in [6, 6.07) is 0. The zero-order valence-electron chi connectivity index (χ0n) is 6.77. The topological polar surface area (TPSA) is 37.8 Å². The van der Waals surface area contributed by atoms with Crippen LogP contribution in [0.4, 0.5) is 5.82 Å². The summed E-state index contributed by atoms with van der Waals surface area (Å²) >= 11 is 2.23. The highest BCUT2D eigenvalue weighted by atomic mass is 127. The molecule has 0 saturated heterocycles. The van der Waals surface area contributed by atoms with Crippen LogP contribution < -0.4 is 5.32 Å².